The minimum atomic E-state index is 0.426. The predicted molar refractivity (Wildman–Crippen MR) is 75.6 cm³/mol. The summed E-state index contributed by atoms with van der Waals surface area (Å²) in [5.74, 6) is 1.30. The molecular weight excluding hydrogens is 307 g/mol. The second kappa shape index (κ2) is 7.68. The molecule has 1 saturated carbocycles. The third-order valence-corrected chi connectivity index (χ3v) is 5.70. The summed E-state index contributed by atoms with van der Waals surface area (Å²) in [5, 5.41) is 0. The summed E-state index contributed by atoms with van der Waals surface area (Å²) >= 11 is 0.426. The second-order valence-corrected chi connectivity index (χ2v) is 7.33. The van der Waals surface area contributed by atoms with Crippen molar-refractivity contribution in [3.05, 3.63) is 29.8 Å². The van der Waals surface area contributed by atoms with Gasteiger partial charge in [-0.15, -0.1) is 0 Å². The predicted octanol–water partition coefficient (Wildman–Crippen LogP) is 2.81. The molecule has 0 spiro atoms. The van der Waals surface area contributed by atoms with Gasteiger partial charge in [-0.2, -0.15) is 0 Å². The molecule has 0 radical (unpaired) electrons. The van der Waals surface area contributed by atoms with Crippen molar-refractivity contribution in [3.8, 4) is 5.75 Å². The van der Waals surface area contributed by atoms with Crippen LogP contribution in [0.4, 0.5) is 0 Å². The van der Waals surface area contributed by atoms with Gasteiger partial charge in [-0.1, -0.05) is 0 Å². The topological polar surface area (TPSA) is 35.5 Å². The quantitative estimate of drug-likeness (QED) is 0.595. The fourth-order valence-electron chi connectivity index (χ4n) is 2.19. The maximum absolute atomic E-state index is 11.4. The van der Waals surface area contributed by atoms with Crippen molar-refractivity contribution in [3.63, 3.8) is 0 Å². The molecule has 19 heavy (non-hydrogen) atoms. The molecule has 0 bridgehead atoms. The van der Waals surface area contributed by atoms with Crippen LogP contribution in [0.2, 0.25) is 4.82 Å². The number of carbonyl (C=O) groups excluding carboxylic acids is 1. The van der Waals surface area contributed by atoms with Crippen LogP contribution < -0.4 is 4.74 Å². The van der Waals surface area contributed by atoms with Crippen LogP contribution in [0.1, 0.15) is 31.2 Å². The fraction of sp³-hybridized carbons (Fsp3) is 0.533. The first-order chi connectivity index (χ1) is 9.28. The summed E-state index contributed by atoms with van der Waals surface area (Å²) in [6, 6.07) is 7.94. The number of hydrogen-bond acceptors (Lipinski definition) is 3. The van der Waals surface area contributed by atoms with Crippen molar-refractivity contribution in [1.82, 2.24) is 0 Å². The molecule has 1 aliphatic carbocycles. The number of ether oxygens (including phenoxy) is 2. The van der Waals surface area contributed by atoms with Crippen LogP contribution in [-0.2, 0) is 16.1 Å². The Labute approximate surface area is 120 Å². The van der Waals surface area contributed by atoms with E-state index in [4.69, 9.17) is 9.47 Å². The molecule has 0 aliphatic heterocycles. The molecule has 0 saturated heterocycles. The summed E-state index contributed by atoms with van der Waals surface area (Å²) in [7, 11) is 1.67. The van der Waals surface area contributed by atoms with Gasteiger partial charge in [-0.3, -0.25) is 0 Å². The molecular formula is C15H20O3Se. The zero-order valence-corrected chi connectivity index (χ0v) is 13.0. The van der Waals surface area contributed by atoms with Gasteiger partial charge < -0.3 is 0 Å². The van der Waals surface area contributed by atoms with E-state index >= 15 is 0 Å². The van der Waals surface area contributed by atoms with Crippen molar-refractivity contribution in [1.29, 1.82) is 0 Å². The zero-order chi connectivity index (χ0) is 13.5. The number of carbonyl (C=O) groups is 1. The molecule has 1 aromatic carbocycles. The van der Waals surface area contributed by atoms with E-state index in [1.165, 1.54) is 6.42 Å². The average molecular weight is 327 g/mol. The number of rotatable bonds is 6. The van der Waals surface area contributed by atoms with Crippen molar-refractivity contribution in [2.75, 3.05) is 12.6 Å². The average Bonchev–Trinajstić information content (AvgIpc) is 2.44. The Kier molecular flexibility index (Phi) is 5.90. The van der Waals surface area contributed by atoms with Crippen LogP contribution in [0.25, 0.3) is 0 Å². The third kappa shape index (κ3) is 4.98. The van der Waals surface area contributed by atoms with Crippen LogP contribution in [0, 0.1) is 0 Å². The van der Waals surface area contributed by atoms with Gasteiger partial charge in [0.2, 0.25) is 0 Å². The molecule has 1 aromatic rings. The van der Waals surface area contributed by atoms with Gasteiger partial charge in [0.15, 0.2) is 0 Å². The number of methoxy groups -OCH3 is 1. The first-order valence-corrected chi connectivity index (χ1v) is 8.82. The Bertz CT molecular complexity index is 420. The SMILES string of the molecule is COc1cccc(COC[Se]C2CCCC(=O)C2)c1. The molecule has 2 rings (SSSR count). The standard InChI is InChI=1S/C15H20O3Se/c1-17-14-6-2-4-12(8-14)10-18-11-19-15-7-3-5-13(16)9-15/h2,4,6,8,15H,3,5,7,9-11H2,1H3. The maximum atomic E-state index is 11.4. The number of benzene rings is 1. The van der Waals surface area contributed by atoms with Crippen LogP contribution in [-0.4, -0.2) is 33.4 Å². The van der Waals surface area contributed by atoms with Crippen LogP contribution in [0.15, 0.2) is 24.3 Å². The molecule has 1 aliphatic rings. The molecule has 0 aromatic heterocycles. The van der Waals surface area contributed by atoms with Gasteiger partial charge in [0.1, 0.15) is 0 Å². The van der Waals surface area contributed by atoms with Crippen LogP contribution in [0.3, 0.4) is 0 Å². The van der Waals surface area contributed by atoms with Crippen LogP contribution >= 0.6 is 0 Å². The van der Waals surface area contributed by atoms with E-state index in [2.05, 4.69) is 0 Å². The second-order valence-electron chi connectivity index (χ2n) is 4.74. The Morgan fingerprint density at radius 3 is 3.11 bits per heavy atom. The third-order valence-electron chi connectivity index (χ3n) is 3.23. The van der Waals surface area contributed by atoms with E-state index in [9.17, 15) is 4.79 Å². The normalized spacial score (nSPS) is 19.4. The molecule has 104 valence electrons. The van der Waals surface area contributed by atoms with E-state index in [0.29, 0.717) is 32.2 Å². The number of ketones is 1. The van der Waals surface area contributed by atoms with Gasteiger partial charge in [0.05, 0.1) is 0 Å². The van der Waals surface area contributed by atoms with E-state index in [0.717, 1.165) is 36.1 Å². The first-order valence-electron chi connectivity index (χ1n) is 6.62. The zero-order valence-electron chi connectivity index (χ0n) is 11.3. The Morgan fingerprint density at radius 2 is 2.32 bits per heavy atom. The Morgan fingerprint density at radius 1 is 1.42 bits per heavy atom. The van der Waals surface area contributed by atoms with E-state index in [1.54, 1.807) is 7.11 Å². The summed E-state index contributed by atoms with van der Waals surface area (Å²) in [6.45, 7) is 0.625. The van der Waals surface area contributed by atoms with Crippen molar-refractivity contribution in [2.45, 2.75) is 37.1 Å². The molecule has 1 atom stereocenters. The summed E-state index contributed by atoms with van der Waals surface area (Å²) < 4.78 is 10.9. The number of hydrogen-bond donors (Lipinski definition) is 0. The Hall–Kier alpha value is -0.831. The summed E-state index contributed by atoms with van der Waals surface area (Å²) in [5.41, 5.74) is 1.93. The molecule has 0 amide bonds. The van der Waals surface area contributed by atoms with Crippen molar-refractivity contribution in [2.24, 2.45) is 0 Å². The van der Waals surface area contributed by atoms with Gasteiger partial charge >= 0.3 is 120 Å². The molecule has 0 heterocycles. The van der Waals surface area contributed by atoms with Crippen molar-refractivity contribution < 1.29 is 14.3 Å². The van der Waals surface area contributed by atoms with E-state index < -0.39 is 0 Å². The van der Waals surface area contributed by atoms with Gasteiger partial charge in [-0.05, 0) is 0 Å². The van der Waals surface area contributed by atoms with E-state index in [1.807, 2.05) is 24.3 Å². The molecule has 0 N–H and O–H groups in total. The minimum absolute atomic E-state index is 0.426. The van der Waals surface area contributed by atoms with Gasteiger partial charge in [0, 0.05) is 0 Å². The van der Waals surface area contributed by atoms with Crippen molar-refractivity contribution >= 4 is 20.7 Å². The molecule has 1 fully saturated rings. The molecule has 1 unspecified atom stereocenters. The first kappa shape index (κ1) is 14.6. The summed E-state index contributed by atoms with van der Waals surface area (Å²) in [6.07, 6.45) is 3.84. The molecule has 4 heteroatoms. The van der Waals surface area contributed by atoms with Gasteiger partial charge in [0.25, 0.3) is 0 Å². The fourth-order valence-corrected chi connectivity index (χ4v) is 4.31. The van der Waals surface area contributed by atoms with Gasteiger partial charge in [-0.25, -0.2) is 0 Å². The number of Topliss-reactive ketones (excluding diaryl/α,β-unsaturated/α-hetero) is 1. The monoisotopic (exact) mass is 328 g/mol. The van der Waals surface area contributed by atoms with E-state index in [-0.39, 0.29) is 0 Å². The molecule has 3 nitrogen and oxygen atoms in total. The van der Waals surface area contributed by atoms with Crippen LogP contribution in [0.5, 0.6) is 5.75 Å². The Balaban J connectivity index is 1.67. The summed E-state index contributed by atoms with van der Waals surface area (Å²) in [4.78, 5) is 11.9.